The van der Waals surface area contributed by atoms with Crippen LogP contribution in [0.15, 0.2) is 48.5 Å². The lowest BCUT2D eigenvalue weighted by atomic mass is 9.90. The van der Waals surface area contributed by atoms with Crippen LogP contribution in [0, 0.1) is 10.1 Å². The molecule has 0 radical (unpaired) electrons. The third kappa shape index (κ3) is 3.72. The van der Waals surface area contributed by atoms with Gasteiger partial charge in [-0.15, -0.1) is 0 Å². The average Bonchev–Trinajstić information content (AvgIpc) is 2.62. The van der Waals surface area contributed by atoms with E-state index in [4.69, 9.17) is 0 Å². The third-order valence-corrected chi connectivity index (χ3v) is 4.56. The normalized spacial score (nSPS) is 15.9. The number of carbonyl (C=O) groups excluding carboxylic acids is 2. The molecule has 3 rings (SSSR count). The number of nitrogens with zero attached hydrogens (tertiary/aromatic N) is 2. The summed E-state index contributed by atoms with van der Waals surface area (Å²) in [6.45, 7) is 2.09. The van der Waals surface area contributed by atoms with Gasteiger partial charge in [0.25, 0.3) is 5.69 Å². The van der Waals surface area contributed by atoms with Crippen LogP contribution in [0.2, 0.25) is 0 Å². The fourth-order valence-electron chi connectivity index (χ4n) is 3.30. The van der Waals surface area contributed by atoms with Crippen LogP contribution in [0.4, 0.5) is 11.4 Å². The van der Waals surface area contributed by atoms with Crippen LogP contribution < -0.4 is 5.32 Å². The van der Waals surface area contributed by atoms with Crippen molar-refractivity contribution in [1.29, 1.82) is 0 Å². The minimum absolute atomic E-state index is 0.0352. The molecule has 2 aromatic rings. The largest absolute Gasteiger partial charge is 0.335 e. The fourth-order valence-corrected chi connectivity index (χ4v) is 3.30. The monoisotopic (exact) mass is 353 g/mol. The number of fused-ring (bicyclic) bond motifs is 1. The second kappa shape index (κ2) is 7.35. The van der Waals surface area contributed by atoms with E-state index in [0.717, 1.165) is 17.5 Å². The predicted octanol–water partition coefficient (Wildman–Crippen LogP) is 3.07. The lowest BCUT2D eigenvalue weighted by molar-refractivity contribution is -0.384. The maximum atomic E-state index is 12.5. The summed E-state index contributed by atoms with van der Waals surface area (Å²) in [5.74, 6) is -0.306. The van der Waals surface area contributed by atoms with Crippen molar-refractivity contribution < 1.29 is 14.5 Å². The number of anilines is 1. The molecule has 1 N–H and O–H groups in total. The SMILES string of the molecule is CC(=O)N1CCc2ccccc2C1CC(=O)Nc1ccc([N+](=O)[O-])cc1. The number of amides is 2. The number of hydrogen-bond donors (Lipinski definition) is 1. The summed E-state index contributed by atoms with van der Waals surface area (Å²) < 4.78 is 0. The molecule has 2 amide bonds. The quantitative estimate of drug-likeness (QED) is 0.675. The molecular weight excluding hydrogens is 334 g/mol. The Morgan fingerprint density at radius 1 is 1.19 bits per heavy atom. The van der Waals surface area contributed by atoms with Crippen molar-refractivity contribution in [2.45, 2.75) is 25.8 Å². The number of hydrogen-bond acceptors (Lipinski definition) is 4. The summed E-state index contributed by atoms with van der Waals surface area (Å²) >= 11 is 0. The average molecular weight is 353 g/mol. The van der Waals surface area contributed by atoms with E-state index >= 15 is 0 Å². The second-order valence-corrected chi connectivity index (χ2v) is 6.23. The molecule has 0 aliphatic carbocycles. The van der Waals surface area contributed by atoms with Crippen molar-refractivity contribution in [3.05, 3.63) is 69.8 Å². The molecule has 0 bridgehead atoms. The number of non-ortho nitro benzene ring substituents is 1. The summed E-state index contributed by atoms with van der Waals surface area (Å²) in [6, 6.07) is 13.2. The third-order valence-electron chi connectivity index (χ3n) is 4.56. The Bertz CT molecular complexity index is 848. The van der Waals surface area contributed by atoms with E-state index < -0.39 is 4.92 Å². The summed E-state index contributed by atoms with van der Waals surface area (Å²) in [4.78, 5) is 36.4. The van der Waals surface area contributed by atoms with E-state index in [9.17, 15) is 19.7 Å². The number of nitrogens with one attached hydrogen (secondary N) is 1. The summed E-state index contributed by atoms with van der Waals surface area (Å²) in [5.41, 5.74) is 2.59. The molecule has 0 aromatic heterocycles. The highest BCUT2D eigenvalue weighted by Gasteiger charge is 2.30. The first-order valence-electron chi connectivity index (χ1n) is 8.35. The molecule has 1 atom stereocenters. The Labute approximate surface area is 150 Å². The van der Waals surface area contributed by atoms with Crippen molar-refractivity contribution in [2.75, 3.05) is 11.9 Å². The topological polar surface area (TPSA) is 92.6 Å². The highest BCUT2D eigenvalue weighted by Crippen LogP contribution is 2.32. The molecule has 26 heavy (non-hydrogen) atoms. The molecule has 1 heterocycles. The van der Waals surface area contributed by atoms with Gasteiger partial charge in [-0.1, -0.05) is 24.3 Å². The molecule has 0 fully saturated rings. The first kappa shape index (κ1) is 17.6. The van der Waals surface area contributed by atoms with Crippen molar-refractivity contribution in [2.24, 2.45) is 0 Å². The molecule has 0 saturated carbocycles. The maximum absolute atomic E-state index is 12.5. The molecule has 0 saturated heterocycles. The van der Waals surface area contributed by atoms with Crippen LogP contribution in [-0.2, 0) is 16.0 Å². The Balaban J connectivity index is 1.76. The summed E-state index contributed by atoms with van der Waals surface area (Å²) in [5, 5.41) is 13.4. The van der Waals surface area contributed by atoms with Gasteiger partial charge in [-0.2, -0.15) is 0 Å². The van der Waals surface area contributed by atoms with Gasteiger partial charge >= 0.3 is 0 Å². The van der Waals surface area contributed by atoms with Crippen molar-refractivity contribution >= 4 is 23.2 Å². The van der Waals surface area contributed by atoms with Crippen LogP contribution in [0.5, 0.6) is 0 Å². The van der Waals surface area contributed by atoms with Gasteiger partial charge in [0.15, 0.2) is 0 Å². The Kier molecular flexibility index (Phi) is 4.97. The van der Waals surface area contributed by atoms with Gasteiger partial charge < -0.3 is 10.2 Å². The van der Waals surface area contributed by atoms with E-state index in [0.29, 0.717) is 12.2 Å². The molecular formula is C19H19N3O4. The Hall–Kier alpha value is -3.22. The van der Waals surface area contributed by atoms with Crippen LogP contribution in [0.1, 0.15) is 30.5 Å². The lowest BCUT2D eigenvalue weighted by Gasteiger charge is -2.36. The zero-order chi connectivity index (χ0) is 18.7. The number of nitro benzene ring substituents is 1. The molecule has 134 valence electrons. The van der Waals surface area contributed by atoms with Gasteiger partial charge in [-0.3, -0.25) is 19.7 Å². The van der Waals surface area contributed by atoms with Gasteiger partial charge in [0.1, 0.15) is 0 Å². The predicted molar refractivity (Wildman–Crippen MR) is 96.6 cm³/mol. The lowest BCUT2D eigenvalue weighted by Crippen LogP contribution is -2.40. The van der Waals surface area contributed by atoms with Crippen LogP contribution >= 0.6 is 0 Å². The van der Waals surface area contributed by atoms with Crippen molar-refractivity contribution in [3.63, 3.8) is 0 Å². The van der Waals surface area contributed by atoms with Crippen LogP contribution in [-0.4, -0.2) is 28.2 Å². The fraction of sp³-hybridized carbons (Fsp3) is 0.263. The zero-order valence-corrected chi connectivity index (χ0v) is 14.3. The number of rotatable bonds is 4. The van der Waals surface area contributed by atoms with Gasteiger partial charge in [0.2, 0.25) is 11.8 Å². The zero-order valence-electron chi connectivity index (χ0n) is 14.3. The van der Waals surface area contributed by atoms with E-state index in [1.165, 1.54) is 31.2 Å². The van der Waals surface area contributed by atoms with Crippen LogP contribution in [0.3, 0.4) is 0 Å². The van der Waals surface area contributed by atoms with Gasteiger partial charge in [0.05, 0.1) is 17.4 Å². The molecule has 1 unspecified atom stereocenters. The van der Waals surface area contributed by atoms with E-state index in [-0.39, 0.29) is 30.0 Å². The number of carbonyl (C=O) groups is 2. The van der Waals surface area contributed by atoms with E-state index in [1.807, 2.05) is 24.3 Å². The van der Waals surface area contributed by atoms with Gasteiger partial charge in [0, 0.05) is 31.3 Å². The van der Waals surface area contributed by atoms with E-state index in [1.54, 1.807) is 4.90 Å². The molecule has 1 aliphatic heterocycles. The Morgan fingerprint density at radius 3 is 2.54 bits per heavy atom. The molecule has 0 spiro atoms. The molecule has 2 aromatic carbocycles. The van der Waals surface area contributed by atoms with Gasteiger partial charge in [-0.05, 0) is 29.7 Å². The van der Waals surface area contributed by atoms with Crippen molar-refractivity contribution in [3.8, 4) is 0 Å². The van der Waals surface area contributed by atoms with E-state index in [2.05, 4.69) is 5.32 Å². The standard InChI is InChI=1S/C19H19N3O4/c1-13(23)21-11-10-14-4-2-3-5-17(14)18(21)12-19(24)20-15-6-8-16(9-7-15)22(25)26/h2-9,18H,10-12H2,1H3,(H,20,24). The maximum Gasteiger partial charge on any atom is 0.269 e. The van der Waals surface area contributed by atoms with Crippen LogP contribution in [0.25, 0.3) is 0 Å². The Morgan fingerprint density at radius 2 is 1.88 bits per heavy atom. The number of benzene rings is 2. The van der Waals surface area contributed by atoms with Crippen molar-refractivity contribution in [1.82, 2.24) is 4.90 Å². The molecule has 7 nitrogen and oxygen atoms in total. The highest BCUT2D eigenvalue weighted by atomic mass is 16.6. The first-order valence-corrected chi connectivity index (χ1v) is 8.35. The first-order chi connectivity index (χ1) is 12.5. The summed E-state index contributed by atoms with van der Waals surface area (Å²) in [7, 11) is 0. The highest BCUT2D eigenvalue weighted by molar-refractivity contribution is 5.91. The molecule has 1 aliphatic rings. The minimum Gasteiger partial charge on any atom is -0.335 e. The molecule has 7 heteroatoms. The van der Waals surface area contributed by atoms with Gasteiger partial charge in [-0.25, -0.2) is 0 Å². The minimum atomic E-state index is -0.491. The number of nitro groups is 1. The smallest absolute Gasteiger partial charge is 0.269 e. The summed E-state index contributed by atoms with van der Waals surface area (Å²) in [6.07, 6.45) is 0.907. The second-order valence-electron chi connectivity index (χ2n) is 6.23.